The van der Waals surface area contributed by atoms with Crippen LogP contribution >= 0.6 is 11.3 Å². The van der Waals surface area contributed by atoms with E-state index in [0.717, 1.165) is 67.7 Å². The van der Waals surface area contributed by atoms with Crippen LogP contribution in [-0.4, -0.2) is 44.0 Å². The van der Waals surface area contributed by atoms with Gasteiger partial charge in [0.15, 0.2) is 0 Å². The normalized spacial score (nSPS) is 18.5. The third-order valence-electron chi connectivity index (χ3n) is 6.18. The van der Waals surface area contributed by atoms with E-state index in [9.17, 15) is 9.59 Å². The van der Waals surface area contributed by atoms with Crippen LogP contribution in [0.1, 0.15) is 58.1 Å². The van der Waals surface area contributed by atoms with Gasteiger partial charge >= 0.3 is 0 Å². The monoisotopic (exact) mass is 443 g/mol. The van der Waals surface area contributed by atoms with Gasteiger partial charge in [0.25, 0.3) is 5.91 Å². The fourth-order valence-corrected chi connectivity index (χ4v) is 6.04. The molecular weight excluding hydrogens is 414 g/mol. The lowest BCUT2D eigenvalue weighted by molar-refractivity contribution is -0.117. The lowest BCUT2D eigenvalue weighted by Gasteiger charge is -2.26. The molecule has 2 aromatic rings. The first-order valence-corrected chi connectivity index (χ1v) is 11.5. The molecule has 1 aromatic heterocycles. The Hall–Kier alpha value is -2.58. The summed E-state index contributed by atoms with van der Waals surface area (Å²) in [6.45, 7) is 1.06. The molecule has 0 unspecified atom stereocenters. The van der Waals surface area contributed by atoms with Crippen molar-refractivity contribution in [2.45, 2.75) is 44.6 Å². The van der Waals surface area contributed by atoms with Crippen LogP contribution in [-0.2, 0) is 17.6 Å². The highest BCUT2D eigenvalue weighted by atomic mass is 32.1. The zero-order chi connectivity index (χ0) is 22.0. The molecule has 166 valence electrons. The quantitative estimate of drug-likeness (QED) is 0.683. The lowest BCUT2D eigenvalue weighted by atomic mass is 9.95. The van der Waals surface area contributed by atoms with Gasteiger partial charge < -0.3 is 20.5 Å². The van der Waals surface area contributed by atoms with Gasteiger partial charge in [-0.25, -0.2) is 0 Å². The molecule has 2 heterocycles. The fourth-order valence-electron chi connectivity index (χ4n) is 4.73. The average molecular weight is 444 g/mol. The summed E-state index contributed by atoms with van der Waals surface area (Å²) < 4.78 is 11.0. The topological polar surface area (TPSA) is 93.9 Å². The van der Waals surface area contributed by atoms with Crippen LogP contribution in [0.15, 0.2) is 18.2 Å². The van der Waals surface area contributed by atoms with Crippen LogP contribution in [0, 0.1) is 0 Å². The van der Waals surface area contributed by atoms with E-state index in [4.69, 9.17) is 15.2 Å². The lowest BCUT2D eigenvalue weighted by Crippen LogP contribution is -2.33. The van der Waals surface area contributed by atoms with Gasteiger partial charge in [-0.2, -0.15) is 0 Å². The van der Waals surface area contributed by atoms with Crippen LogP contribution in [0.5, 0.6) is 11.5 Å². The molecule has 1 saturated heterocycles. The maximum absolute atomic E-state index is 13.0. The van der Waals surface area contributed by atoms with Crippen molar-refractivity contribution in [1.82, 2.24) is 4.90 Å². The highest BCUT2D eigenvalue weighted by Crippen LogP contribution is 2.40. The first-order valence-electron chi connectivity index (χ1n) is 10.7. The highest BCUT2D eigenvalue weighted by molar-refractivity contribution is 7.17. The molecule has 0 saturated carbocycles. The number of fused-ring (bicyclic) bond motifs is 1. The van der Waals surface area contributed by atoms with Crippen LogP contribution in [0.4, 0.5) is 5.00 Å². The summed E-state index contributed by atoms with van der Waals surface area (Å²) in [7, 11) is 3.30. The van der Waals surface area contributed by atoms with Crippen LogP contribution < -0.4 is 20.5 Å². The van der Waals surface area contributed by atoms with E-state index in [0.29, 0.717) is 10.6 Å². The number of nitrogens with two attached hydrogens (primary N) is 1. The number of carbonyl (C=O) groups excluding carboxylic acids is 2. The van der Waals surface area contributed by atoms with Gasteiger partial charge in [0, 0.05) is 16.5 Å². The fraction of sp³-hybridized carbons (Fsp3) is 0.478. The molecule has 1 atom stereocenters. The number of ether oxygens (including phenoxy) is 2. The zero-order valence-electron chi connectivity index (χ0n) is 18.0. The minimum Gasteiger partial charge on any atom is -0.497 e. The van der Waals surface area contributed by atoms with Crippen molar-refractivity contribution >= 4 is 28.2 Å². The Kier molecular flexibility index (Phi) is 6.48. The number of hydrogen-bond acceptors (Lipinski definition) is 6. The Morgan fingerprint density at radius 2 is 2.00 bits per heavy atom. The van der Waals surface area contributed by atoms with Crippen molar-refractivity contribution in [3.8, 4) is 11.5 Å². The van der Waals surface area contributed by atoms with Gasteiger partial charge in [-0.1, -0.05) is 0 Å². The molecule has 2 amide bonds. The molecular formula is C23H29N3O4S. The van der Waals surface area contributed by atoms with E-state index >= 15 is 0 Å². The predicted molar refractivity (Wildman–Crippen MR) is 121 cm³/mol. The van der Waals surface area contributed by atoms with E-state index in [1.165, 1.54) is 16.2 Å². The van der Waals surface area contributed by atoms with Crippen molar-refractivity contribution in [2.24, 2.45) is 5.73 Å². The first-order chi connectivity index (χ1) is 15.0. The number of nitrogens with zero attached hydrogens (tertiary/aromatic N) is 1. The Bertz CT molecular complexity index is 987. The Balaban J connectivity index is 1.52. The van der Waals surface area contributed by atoms with Gasteiger partial charge in [0.05, 0.1) is 26.3 Å². The van der Waals surface area contributed by atoms with Gasteiger partial charge in [-0.3, -0.25) is 14.5 Å². The van der Waals surface area contributed by atoms with Gasteiger partial charge in [0.1, 0.15) is 16.5 Å². The molecule has 0 bridgehead atoms. The molecule has 1 aliphatic carbocycles. The number of primary amides is 1. The minimum absolute atomic E-state index is 0.0722. The number of methoxy groups -OCH3 is 2. The molecule has 2 aliphatic rings. The Labute approximate surface area is 186 Å². The first kappa shape index (κ1) is 21.6. The third kappa shape index (κ3) is 4.41. The SMILES string of the molecule is COc1ccc(OC)c([C@H]2CCCN2CC(=O)Nc2sc3c(c2C(N)=O)CCCC3)c1. The number of anilines is 1. The molecule has 1 fully saturated rings. The van der Waals surface area contributed by atoms with Gasteiger partial charge in [-0.15, -0.1) is 11.3 Å². The molecule has 0 spiro atoms. The van der Waals surface area contributed by atoms with E-state index in [2.05, 4.69) is 10.2 Å². The highest BCUT2D eigenvalue weighted by Gasteiger charge is 2.31. The molecule has 3 N–H and O–H groups in total. The number of nitrogens with one attached hydrogen (secondary N) is 1. The summed E-state index contributed by atoms with van der Waals surface area (Å²) in [5.74, 6) is 0.965. The molecule has 1 aromatic carbocycles. The molecule has 0 radical (unpaired) electrons. The molecule has 8 heteroatoms. The number of rotatable bonds is 7. The number of aryl methyl sites for hydroxylation is 1. The molecule has 1 aliphatic heterocycles. The smallest absolute Gasteiger partial charge is 0.251 e. The largest absolute Gasteiger partial charge is 0.497 e. The summed E-state index contributed by atoms with van der Waals surface area (Å²) in [5, 5.41) is 3.58. The summed E-state index contributed by atoms with van der Waals surface area (Å²) in [5.41, 5.74) is 8.21. The zero-order valence-corrected chi connectivity index (χ0v) is 18.8. The maximum atomic E-state index is 13.0. The van der Waals surface area contributed by atoms with E-state index < -0.39 is 5.91 Å². The molecule has 4 rings (SSSR count). The summed E-state index contributed by atoms with van der Waals surface area (Å²) in [6, 6.07) is 5.83. The van der Waals surface area contributed by atoms with E-state index in [-0.39, 0.29) is 18.5 Å². The Morgan fingerprint density at radius 1 is 1.19 bits per heavy atom. The molecule has 7 nitrogen and oxygen atoms in total. The molecule has 31 heavy (non-hydrogen) atoms. The second-order valence-electron chi connectivity index (χ2n) is 8.06. The van der Waals surface area contributed by atoms with Crippen molar-refractivity contribution in [3.63, 3.8) is 0 Å². The van der Waals surface area contributed by atoms with Crippen molar-refractivity contribution < 1.29 is 19.1 Å². The summed E-state index contributed by atoms with van der Waals surface area (Å²) in [4.78, 5) is 28.4. The van der Waals surface area contributed by atoms with Gasteiger partial charge in [0.2, 0.25) is 5.91 Å². The number of amides is 2. The third-order valence-corrected chi connectivity index (χ3v) is 7.38. The number of thiophene rings is 1. The number of benzene rings is 1. The van der Waals surface area contributed by atoms with E-state index in [1.54, 1.807) is 14.2 Å². The Morgan fingerprint density at radius 3 is 2.74 bits per heavy atom. The number of hydrogen-bond donors (Lipinski definition) is 2. The van der Waals surface area contributed by atoms with Crippen molar-refractivity contribution in [2.75, 3.05) is 32.6 Å². The summed E-state index contributed by atoms with van der Waals surface area (Å²) in [6.07, 6.45) is 5.89. The standard InChI is InChI=1S/C23H29N3O4S/c1-29-14-9-10-18(30-2)16(12-14)17-7-5-11-26(17)13-20(27)25-23-21(22(24)28)15-6-3-4-8-19(15)31-23/h9-10,12,17H,3-8,11,13H2,1-2H3,(H2,24,28)(H,25,27)/t17-/m1/s1. The second-order valence-corrected chi connectivity index (χ2v) is 9.17. The number of likely N-dealkylation sites (tertiary alicyclic amines) is 1. The van der Waals surface area contributed by atoms with Crippen molar-refractivity contribution in [3.05, 3.63) is 39.8 Å². The minimum atomic E-state index is -0.463. The van der Waals surface area contributed by atoms with Gasteiger partial charge in [-0.05, 0) is 68.8 Å². The van der Waals surface area contributed by atoms with Crippen molar-refractivity contribution in [1.29, 1.82) is 0 Å². The second kappa shape index (κ2) is 9.28. The van der Waals surface area contributed by atoms with E-state index in [1.807, 2.05) is 18.2 Å². The predicted octanol–water partition coefficient (Wildman–Crippen LogP) is 3.52. The van der Waals surface area contributed by atoms with Crippen LogP contribution in [0.2, 0.25) is 0 Å². The van der Waals surface area contributed by atoms with Crippen LogP contribution in [0.3, 0.4) is 0 Å². The van der Waals surface area contributed by atoms with Crippen LogP contribution in [0.25, 0.3) is 0 Å². The maximum Gasteiger partial charge on any atom is 0.251 e. The average Bonchev–Trinajstić information content (AvgIpc) is 3.36. The summed E-state index contributed by atoms with van der Waals surface area (Å²) >= 11 is 1.50. The number of carbonyl (C=O) groups is 2.